The molecule has 3 aliphatic rings. The van der Waals surface area contributed by atoms with Crippen LogP contribution in [0.15, 0.2) is 130 Å². The first-order valence-electron chi connectivity index (χ1n) is 13.6. The van der Waals surface area contributed by atoms with Crippen LogP contribution in [0.1, 0.15) is 34.3 Å². The highest BCUT2D eigenvalue weighted by Gasteiger charge is 2.43. The summed E-state index contributed by atoms with van der Waals surface area (Å²) in [6.45, 7) is 0.864. The van der Waals surface area contributed by atoms with Crippen LogP contribution in [0.4, 0.5) is 15.8 Å². The van der Waals surface area contributed by atoms with Gasteiger partial charge in [0.05, 0.1) is 11.3 Å². The standard InChI is InChI=1S/C34H27FN4O2/c35-25-16-17-29(37-28-15-8-7-14-26(28)32-38-30(21-40-32)23-10-3-1-4-11-23)27(20-25)34(18-9-19-36-34)33-39-31(22-41-33)24-12-5-2-6-13-24/h1-20,30-31,37H,21-22H2/t30-,31-,34?/m0/s1. The summed E-state index contributed by atoms with van der Waals surface area (Å²) in [6, 6.07) is 32.4. The van der Waals surface area contributed by atoms with Gasteiger partial charge in [0.2, 0.25) is 11.8 Å². The van der Waals surface area contributed by atoms with Crippen molar-refractivity contribution in [3.63, 3.8) is 0 Å². The number of nitrogens with zero attached hydrogens (tertiary/aromatic N) is 3. The molecule has 7 rings (SSSR count). The van der Waals surface area contributed by atoms with Crippen molar-refractivity contribution in [1.82, 2.24) is 0 Å². The molecule has 0 fully saturated rings. The summed E-state index contributed by atoms with van der Waals surface area (Å²) in [5, 5.41) is 3.52. The van der Waals surface area contributed by atoms with E-state index in [-0.39, 0.29) is 17.9 Å². The largest absolute Gasteiger partial charge is 0.476 e. The molecule has 3 atom stereocenters. The number of hydrogen-bond acceptors (Lipinski definition) is 6. The Balaban J connectivity index is 1.25. The number of nitrogens with one attached hydrogen (secondary N) is 1. The molecule has 3 aliphatic heterocycles. The molecule has 0 spiro atoms. The van der Waals surface area contributed by atoms with Crippen LogP contribution in [-0.4, -0.2) is 31.2 Å². The zero-order chi connectivity index (χ0) is 27.6. The number of rotatable bonds is 7. The van der Waals surface area contributed by atoms with Crippen molar-refractivity contribution < 1.29 is 13.9 Å². The molecule has 0 aromatic heterocycles. The van der Waals surface area contributed by atoms with E-state index in [1.807, 2.05) is 84.9 Å². The maximum Gasteiger partial charge on any atom is 0.221 e. The summed E-state index contributed by atoms with van der Waals surface area (Å²) < 4.78 is 27.1. The molecule has 1 unspecified atom stereocenters. The van der Waals surface area contributed by atoms with Gasteiger partial charge < -0.3 is 14.8 Å². The van der Waals surface area contributed by atoms with Crippen molar-refractivity contribution in [1.29, 1.82) is 0 Å². The third-order valence-corrected chi connectivity index (χ3v) is 7.52. The summed E-state index contributed by atoms with van der Waals surface area (Å²) in [5.74, 6) is 0.627. The Morgan fingerprint density at radius 3 is 2.15 bits per heavy atom. The van der Waals surface area contributed by atoms with Crippen LogP contribution in [0.2, 0.25) is 0 Å². The van der Waals surface area contributed by atoms with Gasteiger partial charge in [-0.3, -0.25) is 4.99 Å². The monoisotopic (exact) mass is 542 g/mol. The Kier molecular flexibility index (Phi) is 6.39. The number of benzene rings is 4. The first kappa shape index (κ1) is 25.0. The quantitative estimate of drug-likeness (QED) is 0.271. The van der Waals surface area contributed by atoms with E-state index in [1.54, 1.807) is 12.3 Å². The van der Waals surface area contributed by atoms with E-state index in [0.717, 1.165) is 22.4 Å². The molecule has 0 radical (unpaired) electrons. The summed E-state index contributed by atoms with van der Waals surface area (Å²) in [5.41, 5.74) is 3.94. The van der Waals surface area contributed by atoms with Crippen LogP contribution in [-0.2, 0) is 15.0 Å². The summed E-state index contributed by atoms with van der Waals surface area (Å²) >= 11 is 0. The molecule has 202 valence electrons. The normalized spacial score (nSPS) is 22.7. The second kappa shape index (κ2) is 10.5. The number of halogens is 1. The highest BCUT2D eigenvalue weighted by atomic mass is 19.1. The van der Waals surface area contributed by atoms with Crippen LogP contribution in [0.5, 0.6) is 0 Å². The Morgan fingerprint density at radius 2 is 1.41 bits per heavy atom. The molecule has 7 heteroatoms. The van der Waals surface area contributed by atoms with Crippen molar-refractivity contribution in [2.45, 2.75) is 17.6 Å². The summed E-state index contributed by atoms with van der Waals surface area (Å²) in [7, 11) is 0. The van der Waals surface area contributed by atoms with E-state index in [1.165, 1.54) is 12.1 Å². The molecule has 3 heterocycles. The zero-order valence-corrected chi connectivity index (χ0v) is 22.2. The molecule has 41 heavy (non-hydrogen) atoms. The van der Waals surface area contributed by atoms with Crippen LogP contribution in [0.3, 0.4) is 0 Å². The third-order valence-electron chi connectivity index (χ3n) is 7.52. The van der Waals surface area contributed by atoms with Crippen molar-refractivity contribution in [3.8, 4) is 0 Å². The van der Waals surface area contributed by atoms with E-state index < -0.39 is 5.54 Å². The van der Waals surface area contributed by atoms with Crippen molar-refractivity contribution >= 4 is 29.4 Å². The molecule has 0 bridgehead atoms. The summed E-state index contributed by atoms with van der Waals surface area (Å²) in [6.07, 6.45) is 5.45. The highest BCUT2D eigenvalue weighted by Crippen LogP contribution is 2.42. The fraction of sp³-hybridized carbons (Fsp3) is 0.147. The summed E-state index contributed by atoms with van der Waals surface area (Å²) in [4.78, 5) is 14.6. The Morgan fingerprint density at radius 1 is 0.732 bits per heavy atom. The van der Waals surface area contributed by atoms with Gasteiger partial charge in [0.1, 0.15) is 31.1 Å². The topological polar surface area (TPSA) is 67.6 Å². The molecular formula is C34H27FN4O2. The van der Waals surface area contributed by atoms with Gasteiger partial charge in [0.15, 0.2) is 5.54 Å². The van der Waals surface area contributed by atoms with Gasteiger partial charge in [0.25, 0.3) is 0 Å². The van der Waals surface area contributed by atoms with Crippen molar-refractivity contribution in [2.24, 2.45) is 15.0 Å². The van der Waals surface area contributed by atoms with Gasteiger partial charge in [-0.25, -0.2) is 14.4 Å². The molecule has 0 aliphatic carbocycles. The number of anilines is 2. The fourth-order valence-electron chi connectivity index (χ4n) is 5.45. The molecule has 4 aromatic carbocycles. The SMILES string of the molecule is Fc1ccc(Nc2ccccc2C2=N[C@H](c3ccccc3)CO2)c(C2(C3=N[C@H](c4ccccc4)CO3)C=CC=N2)c1. The third kappa shape index (κ3) is 4.69. The Hall–Kier alpha value is -5.04. The van der Waals surface area contributed by atoms with Gasteiger partial charge in [-0.05, 0) is 53.6 Å². The number of hydrogen-bond donors (Lipinski definition) is 1. The average Bonchev–Trinajstić information content (AvgIpc) is 3.81. The number of aliphatic imine (C=N–C) groups is 3. The van der Waals surface area contributed by atoms with Crippen LogP contribution in [0, 0.1) is 5.82 Å². The predicted octanol–water partition coefficient (Wildman–Crippen LogP) is 7.09. The van der Waals surface area contributed by atoms with E-state index in [0.29, 0.717) is 36.3 Å². The molecular weight excluding hydrogens is 515 g/mol. The maximum absolute atomic E-state index is 14.8. The van der Waals surface area contributed by atoms with Crippen LogP contribution in [0.25, 0.3) is 0 Å². The maximum atomic E-state index is 14.8. The first-order chi connectivity index (χ1) is 20.2. The molecule has 0 saturated carbocycles. The second-order valence-corrected chi connectivity index (χ2v) is 10.1. The van der Waals surface area contributed by atoms with E-state index >= 15 is 0 Å². The first-order valence-corrected chi connectivity index (χ1v) is 13.6. The van der Waals surface area contributed by atoms with Gasteiger partial charge in [-0.2, -0.15) is 0 Å². The fourth-order valence-corrected chi connectivity index (χ4v) is 5.45. The Bertz CT molecular complexity index is 1690. The van der Waals surface area contributed by atoms with E-state index in [9.17, 15) is 4.39 Å². The lowest BCUT2D eigenvalue weighted by Crippen LogP contribution is -2.32. The van der Waals surface area contributed by atoms with Crippen molar-refractivity contribution in [2.75, 3.05) is 18.5 Å². The van der Waals surface area contributed by atoms with Gasteiger partial charge in [0, 0.05) is 17.5 Å². The van der Waals surface area contributed by atoms with Crippen molar-refractivity contribution in [3.05, 3.63) is 143 Å². The molecule has 6 nitrogen and oxygen atoms in total. The molecule has 1 N–H and O–H groups in total. The number of para-hydroxylation sites is 1. The lowest BCUT2D eigenvalue weighted by atomic mass is 9.88. The van der Waals surface area contributed by atoms with Gasteiger partial charge in [-0.15, -0.1) is 0 Å². The predicted molar refractivity (Wildman–Crippen MR) is 160 cm³/mol. The smallest absolute Gasteiger partial charge is 0.221 e. The number of ether oxygens (including phenoxy) is 2. The van der Waals surface area contributed by atoms with Crippen LogP contribution >= 0.6 is 0 Å². The number of allylic oxidation sites excluding steroid dienone is 1. The van der Waals surface area contributed by atoms with Gasteiger partial charge >= 0.3 is 0 Å². The lowest BCUT2D eigenvalue weighted by molar-refractivity contribution is 0.300. The lowest BCUT2D eigenvalue weighted by Gasteiger charge is -2.27. The molecule has 0 saturated heterocycles. The minimum Gasteiger partial charge on any atom is -0.476 e. The highest BCUT2D eigenvalue weighted by molar-refractivity contribution is 6.02. The van der Waals surface area contributed by atoms with E-state index in [2.05, 4.69) is 17.4 Å². The zero-order valence-electron chi connectivity index (χ0n) is 22.2. The second-order valence-electron chi connectivity index (χ2n) is 10.1. The average molecular weight is 543 g/mol. The molecule has 4 aromatic rings. The Labute approximate surface area is 237 Å². The minimum atomic E-state index is -1.09. The minimum absolute atomic E-state index is 0.0723. The van der Waals surface area contributed by atoms with Gasteiger partial charge in [-0.1, -0.05) is 72.8 Å². The molecule has 0 amide bonds. The van der Waals surface area contributed by atoms with Crippen LogP contribution < -0.4 is 5.32 Å². The van der Waals surface area contributed by atoms with E-state index in [4.69, 9.17) is 24.5 Å².